The van der Waals surface area contributed by atoms with Gasteiger partial charge in [-0.3, -0.25) is 9.69 Å². The molecule has 0 bridgehead atoms. The van der Waals surface area contributed by atoms with Gasteiger partial charge >= 0.3 is 10.1 Å². The number of rotatable bonds is 8. The van der Waals surface area contributed by atoms with Crippen LogP contribution in [0.15, 0.2) is 48.8 Å². The number of nitrogens with one attached hydrogen (secondary N) is 1. The molecule has 2 heterocycles. The molecule has 0 aliphatic carbocycles. The molecule has 0 fully saturated rings. The van der Waals surface area contributed by atoms with E-state index in [-0.39, 0.29) is 11.9 Å². The van der Waals surface area contributed by atoms with Gasteiger partial charge < -0.3 is 14.1 Å². The van der Waals surface area contributed by atoms with Crippen LogP contribution in [0.25, 0.3) is 0 Å². The highest BCUT2D eigenvalue weighted by molar-refractivity contribution is 7.86. The average Bonchev–Trinajstić information content (AvgIpc) is 3.23. The number of fused-ring (bicyclic) bond motifs is 1. The van der Waals surface area contributed by atoms with E-state index >= 15 is 0 Å². The average molecular weight is 497 g/mol. The van der Waals surface area contributed by atoms with Gasteiger partial charge in [0.15, 0.2) is 0 Å². The fourth-order valence-electron chi connectivity index (χ4n) is 4.70. The predicted molar refractivity (Wildman–Crippen MR) is 135 cm³/mol. The number of H-pyrrole nitrogens is 1. The summed E-state index contributed by atoms with van der Waals surface area (Å²) in [7, 11) is -3.60. The maximum atomic E-state index is 12.8. The van der Waals surface area contributed by atoms with Gasteiger partial charge in [0.1, 0.15) is 5.75 Å². The van der Waals surface area contributed by atoms with Gasteiger partial charge in [-0.2, -0.15) is 8.42 Å². The molecule has 186 valence electrons. The first-order valence-electron chi connectivity index (χ1n) is 11.8. The largest absolute Gasteiger partial charge is 0.383 e. The number of aromatic amines is 1. The zero-order chi connectivity index (χ0) is 25.2. The molecular weight excluding hydrogens is 464 g/mol. The lowest BCUT2D eigenvalue weighted by molar-refractivity contribution is 0.0773. The molecule has 0 radical (unpaired) electrons. The number of carbonyl (C=O) groups excluding carboxylic acids is 1. The van der Waals surface area contributed by atoms with E-state index < -0.39 is 10.1 Å². The van der Waals surface area contributed by atoms with Crippen LogP contribution in [0.5, 0.6) is 5.75 Å². The smallest absolute Gasteiger partial charge is 0.306 e. The van der Waals surface area contributed by atoms with E-state index in [9.17, 15) is 13.2 Å². The number of amides is 1. The highest BCUT2D eigenvalue weighted by Crippen LogP contribution is 2.38. The van der Waals surface area contributed by atoms with E-state index in [4.69, 9.17) is 4.18 Å². The Bertz CT molecular complexity index is 1300. The predicted octanol–water partition coefficient (Wildman–Crippen LogP) is 3.69. The van der Waals surface area contributed by atoms with Crippen LogP contribution in [0, 0.1) is 6.92 Å². The van der Waals surface area contributed by atoms with E-state index in [0.29, 0.717) is 30.9 Å². The Morgan fingerprint density at radius 1 is 1.17 bits per heavy atom. The van der Waals surface area contributed by atoms with Gasteiger partial charge in [-0.05, 0) is 68.1 Å². The molecule has 2 aromatic carbocycles. The quantitative estimate of drug-likeness (QED) is 0.478. The number of hydrogen-bond donors (Lipinski definition) is 1. The zero-order valence-electron chi connectivity index (χ0n) is 20.6. The highest BCUT2D eigenvalue weighted by Gasteiger charge is 2.30. The summed E-state index contributed by atoms with van der Waals surface area (Å²) in [6.45, 7) is 8.75. The van der Waals surface area contributed by atoms with Gasteiger partial charge in [0.05, 0.1) is 30.0 Å². The van der Waals surface area contributed by atoms with Crippen LogP contribution >= 0.6 is 0 Å². The van der Waals surface area contributed by atoms with Crippen molar-refractivity contribution in [2.45, 2.75) is 39.8 Å². The lowest BCUT2D eigenvalue weighted by Crippen LogP contribution is -2.36. The second-order valence-electron chi connectivity index (χ2n) is 8.84. The van der Waals surface area contributed by atoms with Crippen molar-refractivity contribution in [3.8, 4) is 5.75 Å². The van der Waals surface area contributed by atoms with Crippen molar-refractivity contribution in [1.29, 1.82) is 0 Å². The number of aryl methyl sites for hydroxylation is 1. The highest BCUT2D eigenvalue weighted by atomic mass is 32.2. The number of imidazole rings is 1. The summed E-state index contributed by atoms with van der Waals surface area (Å²) in [5.41, 5.74) is 5.90. The lowest BCUT2D eigenvalue weighted by atomic mass is 9.87. The normalized spacial score (nSPS) is 16.1. The van der Waals surface area contributed by atoms with Crippen LogP contribution in [0.2, 0.25) is 0 Å². The van der Waals surface area contributed by atoms with Crippen molar-refractivity contribution < 1.29 is 17.4 Å². The molecule has 8 nitrogen and oxygen atoms in total. The van der Waals surface area contributed by atoms with Crippen LogP contribution in [0.1, 0.15) is 58.3 Å². The Balaban J connectivity index is 1.71. The van der Waals surface area contributed by atoms with Crippen LogP contribution in [0.4, 0.5) is 0 Å². The molecule has 0 saturated heterocycles. The summed E-state index contributed by atoms with van der Waals surface area (Å²) < 4.78 is 28.4. The molecular formula is C26H32N4O4S. The van der Waals surface area contributed by atoms with Gasteiger partial charge in [-0.25, -0.2) is 4.98 Å². The Labute approximate surface area is 207 Å². The second kappa shape index (κ2) is 10.2. The molecule has 0 saturated carbocycles. The maximum Gasteiger partial charge on any atom is 0.306 e. The molecule has 9 heteroatoms. The number of carbonyl (C=O) groups is 1. The first-order valence-corrected chi connectivity index (χ1v) is 13.7. The van der Waals surface area contributed by atoms with Gasteiger partial charge in [-0.1, -0.05) is 18.2 Å². The molecule has 35 heavy (non-hydrogen) atoms. The number of benzene rings is 2. The molecule has 1 aliphatic heterocycles. The second-order valence-corrected chi connectivity index (χ2v) is 10.4. The third-order valence-electron chi connectivity index (χ3n) is 6.51. The topological polar surface area (TPSA) is 95.6 Å². The van der Waals surface area contributed by atoms with Crippen LogP contribution in [0.3, 0.4) is 0 Å². The summed E-state index contributed by atoms with van der Waals surface area (Å²) in [6.07, 6.45) is 3.52. The molecule has 1 N–H and O–H groups in total. The van der Waals surface area contributed by atoms with E-state index in [1.807, 2.05) is 62.1 Å². The van der Waals surface area contributed by atoms with Crippen molar-refractivity contribution in [1.82, 2.24) is 19.8 Å². The van der Waals surface area contributed by atoms with Gasteiger partial charge in [-0.15, -0.1) is 0 Å². The number of nitrogens with zero attached hydrogens (tertiary/aromatic N) is 3. The summed E-state index contributed by atoms with van der Waals surface area (Å²) in [5, 5.41) is 0. The van der Waals surface area contributed by atoms with Crippen molar-refractivity contribution in [3.05, 3.63) is 82.4 Å². The molecule has 0 spiro atoms. The first kappa shape index (κ1) is 24.9. The third-order valence-corrected chi connectivity index (χ3v) is 7.00. The van der Waals surface area contributed by atoms with Gasteiger partial charge in [0.2, 0.25) is 0 Å². The SMILES string of the molecule is CCN(CC)C(=O)c1ccc(C2c3ccc(OS(C)(=O)=O)cc3CCN2Cc2[nH]cnc2C)cc1. The van der Waals surface area contributed by atoms with Crippen molar-refractivity contribution in [3.63, 3.8) is 0 Å². The Morgan fingerprint density at radius 2 is 1.89 bits per heavy atom. The van der Waals surface area contributed by atoms with Crippen molar-refractivity contribution >= 4 is 16.0 Å². The fourth-order valence-corrected chi connectivity index (χ4v) is 5.15. The molecule has 1 atom stereocenters. The van der Waals surface area contributed by atoms with Crippen LogP contribution in [-0.4, -0.2) is 60.0 Å². The van der Waals surface area contributed by atoms with Gasteiger partial charge in [0, 0.05) is 31.7 Å². The van der Waals surface area contributed by atoms with Gasteiger partial charge in [0.25, 0.3) is 5.91 Å². The summed E-state index contributed by atoms with van der Waals surface area (Å²) in [5.74, 6) is 0.348. The fraction of sp³-hybridized carbons (Fsp3) is 0.385. The molecule has 1 aromatic heterocycles. The third kappa shape index (κ3) is 5.57. The first-order chi connectivity index (χ1) is 16.7. The van der Waals surface area contributed by atoms with Crippen LogP contribution in [-0.2, 0) is 23.1 Å². The molecule has 1 unspecified atom stereocenters. The van der Waals surface area contributed by atoms with E-state index in [1.165, 1.54) is 0 Å². The maximum absolute atomic E-state index is 12.8. The minimum atomic E-state index is -3.60. The monoisotopic (exact) mass is 496 g/mol. The van der Waals surface area contributed by atoms with E-state index in [2.05, 4.69) is 14.9 Å². The Hall–Kier alpha value is -3.17. The zero-order valence-corrected chi connectivity index (χ0v) is 21.4. The summed E-state index contributed by atoms with van der Waals surface area (Å²) in [6, 6.07) is 13.2. The summed E-state index contributed by atoms with van der Waals surface area (Å²) >= 11 is 0. The molecule has 1 amide bonds. The van der Waals surface area contributed by atoms with Crippen molar-refractivity contribution in [2.75, 3.05) is 25.9 Å². The Morgan fingerprint density at radius 3 is 2.49 bits per heavy atom. The number of aromatic nitrogens is 2. The standard InChI is InChI=1S/C26H32N4O4S/c1-5-29(6-2)26(31)20-9-7-19(8-10-20)25-23-12-11-22(34-35(4,32)33)15-21(23)13-14-30(25)16-24-18(3)27-17-28-24/h7-12,15,17,25H,5-6,13-14,16H2,1-4H3,(H,27,28). The molecule has 4 rings (SSSR count). The minimum Gasteiger partial charge on any atom is -0.383 e. The summed E-state index contributed by atoms with van der Waals surface area (Å²) in [4.78, 5) is 24.6. The minimum absolute atomic E-state index is 0.0260. The Kier molecular flexibility index (Phi) is 7.28. The lowest BCUT2D eigenvalue weighted by Gasteiger charge is -2.38. The van der Waals surface area contributed by atoms with E-state index in [0.717, 1.165) is 47.3 Å². The van der Waals surface area contributed by atoms with E-state index in [1.54, 1.807) is 12.4 Å². The number of hydrogen-bond acceptors (Lipinski definition) is 6. The van der Waals surface area contributed by atoms with Crippen LogP contribution < -0.4 is 4.18 Å². The molecule has 1 aliphatic rings. The van der Waals surface area contributed by atoms with Crippen molar-refractivity contribution in [2.24, 2.45) is 0 Å². The molecule has 3 aromatic rings.